The number of carbonyl (C=O) groups is 3. The number of benzene rings is 3. The second-order valence-corrected chi connectivity index (χ2v) is 9.33. The van der Waals surface area contributed by atoms with E-state index in [1.54, 1.807) is 73.7 Å². The van der Waals surface area contributed by atoms with Crippen LogP contribution in [-0.2, 0) is 4.79 Å². The normalized spacial score (nSPS) is 18.6. The SMILES string of the molecule is C[C@H](C(=O)c1ccc(Br)cc1)[C@@H]1c2cc(Br)ccc2OC(=O)[C@@H]1C(=O)c1ccccc1. The van der Waals surface area contributed by atoms with Crippen molar-refractivity contribution in [3.05, 3.63) is 98.4 Å². The zero-order valence-electron chi connectivity index (χ0n) is 16.5. The molecule has 0 unspecified atom stereocenters. The summed E-state index contributed by atoms with van der Waals surface area (Å²) in [6, 6.07) is 21.0. The van der Waals surface area contributed by atoms with Crippen molar-refractivity contribution in [2.24, 2.45) is 11.8 Å². The maximum atomic E-state index is 13.4. The van der Waals surface area contributed by atoms with E-state index < -0.39 is 23.7 Å². The summed E-state index contributed by atoms with van der Waals surface area (Å²) in [7, 11) is 0. The summed E-state index contributed by atoms with van der Waals surface area (Å²) in [4.78, 5) is 39.8. The predicted octanol–water partition coefficient (Wildman–Crippen LogP) is 6.23. The summed E-state index contributed by atoms with van der Waals surface area (Å²) in [5, 5.41) is 0. The van der Waals surface area contributed by atoms with Crippen LogP contribution in [0.25, 0.3) is 0 Å². The van der Waals surface area contributed by atoms with Crippen molar-refractivity contribution in [2.45, 2.75) is 12.8 Å². The van der Waals surface area contributed by atoms with E-state index in [-0.39, 0.29) is 11.6 Å². The molecule has 0 fully saturated rings. The van der Waals surface area contributed by atoms with Crippen LogP contribution < -0.4 is 4.74 Å². The minimum atomic E-state index is -1.11. The molecular formula is C25H18Br2O4. The minimum Gasteiger partial charge on any atom is -0.426 e. The lowest BCUT2D eigenvalue weighted by atomic mass is 9.71. The van der Waals surface area contributed by atoms with Gasteiger partial charge in [-0.3, -0.25) is 14.4 Å². The van der Waals surface area contributed by atoms with Crippen LogP contribution in [-0.4, -0.2) is 17.5 Å². The summed E-state index contributed by atoms with van der Waals surface area (Å²) in [5.41, 5.74) is 1.61. The number of rotatable bonds is 5. The number of ketones is 2. The molecule has 0 amide bonds. The Balaban J connectivity index is 1.81. The van der Waals surface area contributed by atoms with Crippen molar-refractivity contribution in [1.82, 2.24) is 0 Å². The molecule has 3 aromatic carbocycles. The van der Waals surface area contributed by atoms with Crippen molar-refractivity contribution in [2.75, 3.05) is 0 Å². The van der Waals surface area contributed by atoms with E-state index in [2.05, 4.69) is 31.9 Å². The van der Waals surface area contributed by atoms with Gasteiger partial charge in [0.15, 0.2) is 11.6 Å². The van der Waals surface area contributed by atoms with Crippen LogP contribution in [0.2, 0.25) is 0 Å². The fourth-order valence-electron chi connectivity index (χ4n) is 4.02. The Morgan fingerprint density at radius 2 is 1.52 bits per heavy atom. The molecule has 0 N–H and O–H groups in total. The van der Waals surface area contributed by atoms with E-state index in [9.17, 15) is 14.4 Å². The zero-order chi connectivity index (χ0) is 22.1. The molecule has 1 aliphatic rings. The van der Waals surface area contributed by atoms with Gasteiger partial charge in [0, 0.05) is 37.5 Å². The third kappa shape index (κ3) is 4.27. The molecule has 4 nitrogen and oxygen atoms in total. The van der Waals surface area contributed by atoms with Gasteiger partial charge in [-0.1, -0.05) is 81.2 Å². The first kappa shape index (κ1) is 21.7. The number of fused-ring (bicyclic) bond motifs is 1. The fourth-order valence-corrected chi connectivity index (χ4v) is 4.66. The van der Waals surface area contributed by atoms with Gasteiger partial charge in [-0.2, -0.15) is 0 Å². The number of hydrogen-bond acceptors (Lipinski definition) is 4. The van der Waals surface area contributed by atoms with Gasteiger partial charge < -0.3 is 4.74 Å². The molecule has 0 saturated carbocycles. The monoisotopic (exact) mass is 540 g/mol. The maximum Gasteiger partial charge on any atom is 0.322 e. The lowest BCUT2D eigenvalue weighted by Gasteiger charge is -2.34. The number of ether oxygens (including phenoxy) is 1. The Morgan fingerprint density at radius 1 is 0.871 bits per heavy atom. The molecule has 0 saturated heterocycles. The highest BCUT2D eigenvalue weighted by Gasteiger charge is 2.47. The Morgan fingerprint density at radius 3 is 2.19 bits per heavy atom. The van der Waals surface area contributed by atoms with E-state index in [4.69, 9.17) is 4.74 Å². The van der Waals surface area contributed by atoms with Crippen molar-refractivity contribution < 1.29 is 19.1 Å². The lowest BCUT2D eigenvalue weighted by molar-refractivity contribution is -0.139. The van der Waals surface area contributed by atoms with Crippen molar-refractivity contribution >= 4 is 49.4 Å². The van der Waals surface area contributed by atoms with Crippen molar-refractivity contribution in [1.29, 1.82) is 0 Å². The molecule has 156 valence electrons. The Kier molecular flexibility index (Phi) is 6.21. The smallest absolute Gasteiger partial charge is 0.322 e. The Bertz CT molecular complexity index is 1160. The van der Waals surface area contributed by atoms with Gasteiger partial charge in [0.1, 0.15) is 11.7 Å². The van der Waals surface area contributed by atoms with Gasteiger partial charge in [0.2, 0.25) is 0 Å². The largest absolute Gasteiger partial charge is 0.426 e. The summed E-state index contributed by atoms with van der Waals surface area (Å²) < 4.78 is 7.17. The van der Waals surface area contributed by atoms with E-state index in [0.29, 0.717) is 22.4 Å². The van der Waals surface area contributed by atoms with Crippen molar-refractivity contribution in [3.63, 3.8) is 0 Å². The molecule has 0 aromatic heterocycles. The topological polar surface area (TPSA) is 60.4 Å². The van der Waals surface area contributed by atoms with E-state index >= 15 is 0 Å². The van der Waals surface area contributed by atoms with E-state index in [1.165, 1.54) is 0 Å². The van der Waals surface area contributed by atoms with Crippen LogP contribution in [0.5, 0.6) is 5.75 Å². The molecule has 0 radical (unpaired) electrons. The molecule has 31 heavy (non-hydrogen) atoms. The number of esters is 1. The summed E-state index contributed by atoms with van der Waals surface area (Å²) in [6.07, 6.45) is 0. The molecule has 4 rings (SSSR count). The molecule has 1 aliphatic heterocycles. The average molecular weight is 542 g/mol. The van der Waals surface area contributed by atoms with Crippen LogP contribution in [0.4, 0.5) is 0 Å². The van der Waals surface area contributed by atoms with Crippen molar-refractivity contribution in [3.8, 4) is 5.75 Å². The zero-order valence-corrected chi connectivity index (χ0v) is 19.7. The van der Waals surface area contributed by atoms with Gasteiger partial charge in [0.25, 0.3) is 0 Å². The highest BCUT2D eigenvalue weighted by molar-refractivity contribution is 9.10. The lowest BCUT2D eigenvalue weighted by Crippen LogP contribution is -2.41. The van der Waals surface area contributed by atoms with Gasteiger partial charge >= 0.3 is 5.97 Å². The molecule has 1 heterocycles. The summed E-state index contributed by atoms with van der Waals surface area (Å²) >= 11 is 6.84. The van der Waals surface area contributed by atoms with Crippen LogP contribution in [0.3, 0.4) is 0 Å². The molecule has 0 bridgehead atoms. The standard InChI is InChI=1S/C25H18Br2O4/c1-14(23(28)16-7-9-17(26)10-8-16)21-19-13-18(27)11-12-20(19)31-25(30)22(21)24(29)15-5-3-2-4-6-15/h2-14,21-22H,1H3/t14-,21+,22-/m0/s1. The van der Waals surface area contributed by atoms with Gasteiger partial charge in [-0.25, -0.2) is 0 Å². The molecule has 0 spiro atoms. The highest BCUT2D eigenvalue weighted by atomic mass is 79.9. The predicted molar refractivity (Wildman–Crippen MR) is 124 cm³/mol. The minimum absolute atomic E-state index is 0.135. The fraction of sp³-hybridized carbons (Fsp3) is 0.160. The summed E-state index contributed by atoms with van der Waals surface area (Å²) in [5.74, 6) is -3.13. The number of carbonyl (C=O) groups excluding carboxylic acids is 3. The third-order valence-electron chi connectivity index (χ3n) is 5.58. The number of halogens is 2. The number of hydrogen-bond donors (Lipinski definition) is 0. The van der Waals surface area contributed by atoms with Crippen LogP contribution >= 0.6 is 31.9 Å². The Labute approximate surface area is 196 Å². The second-order valence-electron chi connectivity index (χ2n) is 7.50. The first-order valence-corrected chi connectivity index (χ1v) is 11.4. The second kappa shape index (κ2) is 8.89. The average Bonchev–Trinajstić information content (AvgIpc) is 2.78. The number of Topliss-reactive ketones (excluding diaryl/α,β-unsaturated/α-hetero) is 2. The Hall–Kier alpha value is -2.57. The van der Waals surface area contributed by atoms with Gasteiger partial charge in [-0.15, -0.1) is 0 Å². The maximum absolute atomic E-state index is 13.4. The van der Waals surface area contributed by atoms with Gasteiger partial charge in [-0.05, 0) is 30.3 Å². The first-order chi connectivity index (χ1) is 14.9. The molecule has 0 aliphatic carbocycles. The molecule has 3 atom stereocenters. The summed E-state index contributed by atoms with van der Waals surface area (Å²) in [6.45, 7) is 1.77. The quantitative estimate of drug-likeness (QED) is 0.166. The molecule has 6 heteroatoms. The van der Waals surface area contributed by atoms with Crippen LogP contribution in [0.15, 0.2) is 81.7 Å². The van der Waals surface area contributed by atoms with Gasteiger partial charge in [0.05, 0.1) is 0 Å². The van der Waals surface area contributed by atoms with Crippen LogP contribution in [0.1, 0.15) is 39.1 Å². The third-order valence-corrected chi connectivity index (χ3v) is 6.60. The van der Waals surface area contributed by atoms with E-state index in [1.807, 2.05) is 6.07 Å². The molecule has 3 aromatic rings. The van der Waals surface area contributed by atoms with E-state index in [0.717, 1.165) is 8.95 Å². The molecular weight excluding hydrogens is 524 g/mol. The van der Waals surface area contributed by atoms with Crippen LogP contribution in [0, 0.1) is 11.8 Å². The first-order valence-electron chi connectivity index (χ1n) is 9.77. The highest BCUT2D eigenvalue weighted by Crippen LogP contribution is 2.45.